The monoisotopic (exact) mass is 290 g/mol. The van der Waals surface area contributed by atoms with Gasteiger partial charge in [0.15, 0.2) is 0 Å². The zero-order valence-corrected chi connectivity index (χ0v) is 12.1. The Bertz CT molecular complexity index is 540. The van der Waals surface area contributed by atoms with Crippen molar-refractivity contribution in [1.29, 1.82) is 0 Å². The highest BCUT2D eigenvalue weighted by Gasteiger charge is 2.47. The lowest BCUT2D eigenvalue weighted by atomic mass is 9.85. The van der Waals surface area contributed by atoms with Crippen molar-refractivity contribution in [3.63, 3.8) is 0 Å². The molecule has 0 aliphatic heterocycles. The van der Waals surface area contributed by atoms with E-state index in [2.05, 4.69) is 15.6 Å². The number of rotatable bonds is 5. The fraction of sp³-hybridized carbons (Fsp3) is 0.800. The predicted octanol–water partition coefficient (Wildman–Crippen LogP) is 0.679. The Morgan fingerprint density at radius 1 is 1.33 bits per heavy atom. The molecule has 3 saturated carbocycles. The number of aromatic nitrogens is 3. The molecule has 4 atom stereocenters. The standard InChI is InChI=1S/C15H22N4O2/c20-8-12-10-3-4-11(5-10)15(12)16-14(21)7-19-6-13(17-18-19)9-1-2-9/h6,9-12,15,20H,1-5,7-8H2,(H,16,21). The third-order valence-electron chi connectivity index (χ3n) is 5.48. The highest BCUT2D eigenvalue weighted by Crippen LogP contribution is 2.48. The molecule has 3 fully saturated rings. The Morgan fingerprint density at radius 2 is 2.14 bits per heavy atom. The Morgan fingerprint density at radius 3 is 2.90 bits per heavy atom. The molecule has 1 amide bonds. The van der Waals surface area contributed by atoms with Crippen molar-refractivity contribution in [2.24, 2.45) is 17.8 Å². The van der Waals surface area contributed by atoms with Gasteiger partial charge in [0.05, 0.1) is 5.69 Å². The Kier molecular flexibility index (Phi) is 3.21. The van der Waals surface area contributed by atoms with Gasteiger partial charge in [-0.05, 0) is 43.9 Å². The van der Waals surface area contributed by atoms with Crippen LogP contribution < -0.4 is 5.32 Å². The maximum absolute atomic E-state index is 12.2. The summed E-state index contributed by atoms with van der Waals surface area (Å²) in [4.78, 5) is 12.2. The van der Waals surface area contributed by atoms with E-state index in [1.165, 1.54) is 25.7 Å². The van der Waals surface area contributed by atoms with Crippen LogP contribution in [0.15, 0.2) is 6.20 Å². The topological polar surface area (TPSA) is 80.0 Å². The minimum Gasteiger partial charge on any atom is -0.396 e. The second-order valence-electron chi connectivity index (χ2n) is 6.89. The number of hydrogen-bond acceptors (Lipinski definition) is 4. The average Bonchev–Trinajstić information content (AvgIpc) is 2.92. The van der Waals surface area contributed by atoms with E-state index in [1.807, 2.05) is 6.20 Å². The minimum absolute atomic E-state index is 0.0155. The first-order valence-corrected chi connectivity index (χ1v) is 8.05. The highest BCUT2D eigenvalue weighted by molar-refractivity contribution is 5.76. The number of aliphatic hydroxyl groups is 1. The van der Waals surface area contributed by atoms with Gasteiger partial charge in [0.25, 0.3) is 0 Å². The van der Waals surface area contributed by atoms with Crippen molar-refractivity contribution >= 4 is 5.91 Å². The largest absolute Gasteiger partial charge is 0.396 e. The summed E-state index contributed by atoms with van der Waals surface area (Å²) >= 11 is 0. The van der Waals surface area contributed by atoms with Gasteiger partial charge in [-0.3, -0.25) is 4.79 Å². The molecular weight excluding hydrogens is 268 g/mol. The van der Waals surface area contributed by atoms with Gasteiger partial charge in [0.1, 0.15) is 6.54 Å². The normalized spacial score (nSPS) is 34.3. The fourth-order valence-corrected chi connectivity index (χ4v) is 4.23. The van der Waals surface area contributed by atoms with Crippen LogP contribution in [-0.2, 0) is 11.3 Å². The van der Waals surface area contributed by atoms with Gasteiger partial charge in [0.2, 0.25) is 5.91 Å². The molecule has 4 unspecified atom stereocenters. The van der Waals surface area contributed by atoms with Crippen molar-refractivity contribution in [1.82, 2.24) is 20.3 Å². The fourth-order valence-electron chi connectivity index (χ4n) is 4.23. The van der Waals surface area contributed by atoms with Gasteiger partial charge < -0.3 is 10.4 Å². The number of amides is 1. The summed E-state index contributed by atoms with van der Waals surface area (Å²) in [6.45, 7) is 0.410. The molecule has 1 aromatic heterocycles. The number of hydrogen-bond donors (Lipinski definition) is 2. The second-order valence-corrected chi connectivity index (χ2v) is 6.89. The van der Waals surface area contributed by atoms with Crippen molar-refractivity contribution in [2.75, 3.05) is 6.61 Å². The van der Waals surface area contributed by atoms with E-state index in [0.717, 1.165) is 12.1 Å². The summed E-state index contributed by atoms with van der Waals surface area (Å²) in [6, 6.07) is 0.146. The maximum atomic E-state index is 12.2. The molecule has 1 heterocycles. The van der Waals surface area contributed by atoms with Crippen LogP contribution in [0.4, 0.5) is 0 Å². The number of fused-ring (bicyclic) bond motifs is 2. The molecule has 2 bridgehead atoms. The molecule has 0 spiro atoms. The lowest BCUT2D eigenvalue weighted by Gasteiger charge is -2.30. The quantitative estimate of drug-likeness (QED) is 0.835. The highest BCUT2D eigenvalue weighted by atomic mass is 16.3. The number of aliphatic hydroxyl groups excluding tert-OH is 1. The summed E-state index contributed by atoms with van der Waals surface area (Å²) in [5, 5.41) is 20.8. The predicted molar refractivity (Wildman–Crippen MR) is 75.3 cm³/mol. The van der Waals surface area contributed by atoms with E-state index < -0.39 is 0 Å². The van der Waals surface area contributed by atoms with Gasteiger partial charge in [0, 0.05) is 30.7 Å². The number of nitrogens with zero attached hydrogens (tertiary/aromatic N) is 3. The number of carbonyl (C=O) groups is 1. The first kappa shape index (κ1) is 13.2. The summed E-state index contributed by atoms with van der Waals surface area (Å²) in [7, 11) is 0. The van der Waals surface area contributed by atoms with Crippen LogP contribution in [0.3, 0.4) is 0 Å². The van der Waals surface area contributed by atoms with E-state index in [0.29, 0.717) is 17.8 Å². The molecule has 6 heteroatoms. The van der Waals surface area contributed by atoms with E-state index in [1.54, 1.807) is 4.68 Å². The van der Waals surface area contributed by atoms with Crippen LogP contribution in [0, 0.1) is 17.8 Å². The van der Waals surface area contributed by atoms with Crippen LogP contribution in [0.1, 0.15) is 43.7 Å². The van der Waals surface area contributed by atoms with Crippen molar-refractivity contribution in [3.05, 3.63) is 11.9 Å². The van der Waals surface area contributed by atoms with Crippen molar-refractivity contribution in [2.45, 2.75) is 50.6 Å². The zero-order valence-electron chi connectivity index (χ0n) is 12.1. The summed E-state index contributed by atoms with van der Waals surface area (Å²) in [6.07, 6.45) is 7.81. The first-order chi connectivity index (χ1) is 10.2. The van der Waals surface area contributed by atoms with Crippen LogP contribution in [-0.4, -0.2) is 38.7 Å². The summed E-state index contributed by atoms with van der Waals surface area (Å²) in [5.41, 5.74) is 1.01. The number of nitrogens with one attached hydrogen (secondary N) is 1. The maximum Gasteiger partial charge on any atom is 0.242 e. The Labute approximate surface area is 123 Å². The lowest BCUT2D eigenvalue weighted by molar-refractivity contribution is -0.123. The molecular formula is C15H22N4O2. The molecule has 0 radical (unpaired) electrons. The first-order valence-electron chi connectivity index (χ1n) is 8.05. The van der Waals surface area contributed by atoms with Crippen molar-refractivity contribution < 1.29 is 9.90 Å². The van der Waals surface area contributed by atoms with Crippen LogP contribution in [0.2, 0.25) is 0 Å². The molecule has 3 aliphatic rings. The minimum atomic E-state index is -0.0155. The molecule has 6 nitrogen and oxygen atoms in total. The molecule has 0 saturated heterocycles. The van der Waals surface area contributed by atoms with Gasteiger partial charge in [-0.15, -0.1) is 5.10 Å². The Hall–Kier alpha value is -1.43. The summed E-state index contributed by atoms with van der Waals surface area (Å²) < 4.78 is 1.63. The van der Waals surface area contributed by atoms with Gasteiger partial charge in [-0.25, -0.2) is 4.68 Å². The smallest absolute Gasteiger partial charge is 0.242 e. The lowest BCUT2D eigenvalue weighted by Crippen LogP contribution is -2.46. The van der Waals surface area contributed by atoms with Gasteiger partial charge >= 0.3 is 0 Å². The summed E-state index contributed by atoms with van der Waals surface area (Å²) in [5.74, 6) is 1.93. The van der Waals surface area contributed by atoms with E-state index >= 15 is 0 Å². The Balaban J connectivity index is 1.36. The molecule has 21 heavy (non-hydrogen) atoms. The van der Waals surface area contributed by atoms with E-state index in [9.17, 15) is 9.90 Å². The van der Waals surface area contributed by atoms with Gasteiger partial charge in [-0.1, -0.05) is 5.21 Å². The van der Waals surface area contributed by atoms with Crippen LogP contribution in [0.5, 0.6) is 0 Å². The molecule has 114 valence electrons. The third-order valence-corrected chi connectivity index (χ3v) is 5.48. The van der Waals surface area contributed by atoms with E-state index in [4.69, 9.17) is 0 Å². The van der Waals surface area contributed by atoms with Crippen molar-refractivity contribution in [3.8, 4) is 0 Å². The molecule has 1 aromatic rings. The molecule has 4 rings (SSSR count). The molecule has 3 aliphatic carbocycles. The third kappa shape index (κ3) is 2.46. The van der Waals surface area contributed by atoms with Crippen LogP contribution in [0.25, 0.3) is 0 Å². The zero-order chi connectivity index (χ0) is 14.4. The van der Waals surface area contributed by atoms with Crippen LogP contribution >= 0.6 is 0 Å². The molecule has 2 N–H and O–H groups in total. The number of carbonyl (C=O) groups excluding carboxylic acids is 1. The average molecular weight is 290 g/mol. The molecule has 0 aromatic carbocycles. The van der Waals surface area contributed by atoms with E-state index in [-0.39, 0.29) is 31.0 Å². The SMILES string of the molecule is O=C(Cn1cc(C2CC2)nn1)NC1C2CCC(C2)C1CO. The van der Waals surface area contributed by atoms with Gasteiger partial charge in [-0.2, -0.15) is 0 Å². The second kappa shape index (κ2) is 5.09.